The summed E-state index contributed by atoms with van der Waals surface area (Å²) in [5.41, 5.74) is 8.41. The second kappa shape index (κ2) is 9.00. The molecule has 0 spiro atoms. The summed E-state index contributed by atoms with van der Waals surface area (Å²) in [6.07, 6.45) is 0. The fraction of sp³-hybridized carbons (Fsp3) is 0.130. The molecule has 0 saturated heterocycles. The summed E-state index contributed by atoms with van der Waals surface area (Å²) in [5, 5.41) is 11.6. The molecule has 8 heteroatoms. The third kappa shape index (κ3) is 4.91. The Hall–Kier alpha value is -3.67. The zero-order valence-corrected chi connectivity index (χ0v) is 17.9. The van der Waals surface area contributed by atoms with Gasteiger partial charge in [-0.05, 0) is 67.1 Å². The van der Waals surface area contributed by atoms with Gasteiger partial charge in [0.25, 0.3) is 15.9 Å². The summed E-state index contributed by atoms with van der Waals surface area (Å²) in [5.74, 6) is -0.453. The Balaban J connectivity index is 1.83. The monoisotopic (exact) mass is 434 g/mol. The van der Waals surface area contributed by atoms with Gasteiger partial charge in [-0.1, -0.05) is 18.2 Å². The van der Waals surface area contributed by atoms with Crippen molar-refractivity contribution in [3.63, 3.8) is 0 Å². The zero-order valence-electron chi connectivity index (χ0n) is 17.1. The molecule has 158 valence electrons. The second-order valence-electron chi connectivity index (χ2n) is 7.02. The van der Waals surface area contributed by atoms with Crippen molar-refractivity contribution in [1.82, 2.24) is 0 Å². The van der Waals surface area contributed by atoms with Crippen molar-refractivity contribution in [2.45, 2.75) is 17.9 Å². The molecular formula is C23H22N4O3S. The van der Waals surface area contributed by atoms with E-state index in [0.717, 1.165) is 9.87 Å². The van der Waals surface area contributed by atoms with Crippen LogP contribution < -0.4 is 15.4 Å². The number of amides is 1. The van der Waals surface area contributed by atoms with E-state index >= 15 is 0 Å². The molecule has 0 radical (unpaired) electrons. The average Bonchev–Trinajstić information content (AvgIpc) is 2.79. The van der Waals surface area contributed by atoms with Crippen molar-refractivity contribution < 1.29 is 13.2 Å². The molecule has 1 amide bonds. The number of rotatable bonds is 6. The predicted octanol–water partition coefficient (Wildman–Crippen LogP) is 3.66. The Kier molecular flexibility index (Phi) is 6.39. The van der Waals surface area contributed by atoms with Crippen LogP contribution in [0.15, 0.2) is 77.7 Å². The van der Waals surface area contributed by atoms with Crippen LogP contribution in [0.2, 0.25) is 0 Å². The summed E-state index contributed by atoms with van der Waals surface area (Å²) < 4.78 is 27.4. The molecule has 3 aromatic rings. The summed E-state index contributed by atoms with van der Waals surface area (Å²) >= 11 is 0. The van der Waals surface area contributed by atoms with Crippen LogP contribution in [0, 0.1) is 11.3 Å². The Morgan fingerprint density at radius 3 is 2.29 bits per heavy atom. The number of benzene rings is 3. The number of anilines is 2. The van der Waals surface area contributed by atoms with E-state index in [9.17, 15) is 13.2 Å². The minimum Gasteiger partial charge on any atom is -0.324 e. The van der Waals surface area contributed by atoms with Gasteiger partial charge in [-0.3, -0.25) is 9.10 Å². The second-order valence-corrected chi connectivity index (χ2v) is 8.99. The summed E-state index contributed by atoms with van der Waals surface area (Å²) in [4.78, 5) is 12.6. The first kappa shape index (κ1) is 22.0. The largest absolute Gasteiger partial charge is 0.324 e. The molecule has 3 N–H and O–H groups in total. The molecule has 0 aliphatic rings. The van der Waals surface area contributed by atoms with E-state index in [1.54, 1.807) is 48.5 Å². The minimum atomic E-state index is -3.88. The molecule has 0 aliphatic heterocycles. The lowest BCUT2D eigenvalue weighted by Gasteiger charge is -2.20. The lowest BCUT2D eigenvalue weighted by atomic mass is 10.1. The molecule has 3 aromatic carbocycles. The van der Waals surface area contributed by atoms with Gasteiger partial charge in [0.2, 0.25) is 0 Å². The Labute approximate surface area is 181 Å². The van der Waals surface area contributed by atoms with Crippen molar-refractivity contribution in [3.05, 3.63) is 89.5 Å². The van der Waals surface area contributed by atoms with Gasteiger partial charge in [-0.25, -0.2) is 8.42 Å². The van der Waals surface area contributed by atoms with Gasteiger partial charge in [-0.2, -0.15) is 5.26 Å². The molecule has 3 rings (SSSR count). The number of sulfonamides is 1. The normalized spacial score (nSPS) is 11.9. The summed E-state index contributed by atoms with van der Waals surface area (Å²) in [6.45, 7) is 1.85. The number of nitrogens with one attached hydrogen (secondary N) is 1. The van der Waals surface area contributed by atoms with Gasteiger partial charge in [-0.15, -0.1) is 0 Å². The maximum Gasteiger partial charge on any atom is 0.264 e. The van der Waals surface area contributed by atoms with E-state index in [1.807, 2.05) is 13.0 Å². The van der Waals surface area contributed by atoms with Crippen LogP contribution in [0.25, 0.3) is 0 Å². The van der Waals surface area contributed by atoms with E-state index in [2.05, 4.69) is 5.32 Å². The van der Waals surface area contributed by atoms with Gasteiger partial charge in [0.05, 0.1) is 22.2 Å². The number of hydrogen-bond acceptors (Lipinski definition) is 5. The molecule has 1 atom stereocenters. The van der Waals surface area contributed by atoms with E-state index in [-0.39, 0.29) is 16.5 Å². The highest BCUT2D eigenvalue weighted by molar-refractivity contribution is 7.92. The number of nitrogens with two attached hydrogens (primary N) is 1. The van der Waals surface area contributed by atoms with Crippen molar-refractivity contribution >= 4 is 27.3 Å². The number of carbonyl (C=O) groups excluding carboxylic acids is 1. The van der Waals surface area contributed by atoms with Crippen molar-refractivity contribution in [2.24, 2.45) is 5.73 Å². The highest BCUT2D eigenvalue weighted by atomic mass is 32.2. The number of nitrogens with zero attached hydrogens (tertiary/aromatic N) is 2. The van der Waals surface area contributed by atoms with Gasteiger partial charge in [0, 0.05) is 24.3 Å². The lowest BCUT2D eigenvalue weighted by molar-refractivity contribution is 0.102. The van der Waals surface area contributed by atoms with E-state index in [4.69, 9.17) is 11.0 Å². The zero-order chi connectivity index (χ0) is 22.6. The Morgan fingerprint density at radius 2 is 1.71 bits per heavy atom. The fourth-order valence-corrected chi connectivity index (χ4v) is 4.16. The topological polar surface area (TPSA) is 116 Å². The van der Waals surface area contributed by atoms with Crippen LogP contribution in [0.5, 0.6) is 0 Å². The molecule has 0 fully saturated rings. The van der Waals surface area contributed by atoms with Crippen LogP contribution in [0.4, 0.5) is 11.4 Å². The van der Waals surface area contributed by atoms with E-state index < -0.39 is 15.9 Å². The highest BCUT2D eigenvalue weighted by Crippen LogP contribution is 2.24. The highest BCUT2D eigenvalue weighted by Gasteiger charge is 2.22. The number of nitriles is 1. The van der Waals surface area contributed by atoms with Crippen LogP contribution >= 0.6 is 0 Å². The third-order valence-corrected chi connectivity index (χ3v) is 6.59. The number of hydrogen-bond donors (Lipinski definition) is 2. The average molecular weight is 435 g/mol. The summed E-state index contributed by atoms with van der Waals surface area (Å²) in [7, 11) is -2.42. The summed E-state index contributed by atoms with van der Waals surface area (Å²) in [6, 6.07) is 21.0. The van der Waals surface area contributed by atoms with Crippen LogP contribution in [0.1, 0.15) is 34.5 Å². The standard InChI is InChI=1S/C23H22N4O3S/c1-16(25)18-8-12-21(13-9-18)27(2)31(29,30)22-5-3-4-19(14-22)23(28)26-20-10-6-17(15-24)7-11-20/h3-14,16H,25H2,1-2H3,(H,26,28). The van der Waals surface area contributed by atoms with Crippen molar-refractivity contribution in [1.29, 1.82) is 5.26 Å². The molecule has 7 nitrogen and oxygen atoms in total. The molecule has 0 aromatic heterocycles. The first-order valence-electron chi connectivity index (χ1n) is 9.48. The third-order valence-electron chi connectivity index (χ3n) is 4.81. The first-order valence-corrected chi connectivity index (χ1v) is 10.9. The van der Waals surface area contributed by atoms with Gasteiger partial charge >= 0.3 is 0 Å². The van der Waals surface area contributed by atoms with Gasteiger partial charge in [0.15, 0.2) is 0 Å². The molecule has 31 heavy (non-hydrogen) atoms. The van der Waals surface area contributed by atoms with E-state index in [0.29, 0.717) is 16.9 Å². The van der Waals surface area contributed by atoms with Crippen LogP contribution in [0.3, 0.4) is 0 Å². The van der Waals surface area contributed by atoms with Crippen molar-refractivity contribution in [3.8, 4) is 6.07 Å². The van der Waals surface area contributed by atoms with Gasteiger partial charge < -0.3 is 11.1 Å². The van der Waals surface area contributed by atoms with Crippen LogP contribution in [-0.2, 0) is 10.0 Å². The minimum absolute atomic E-state index is 0.00116. The predicted molar refractivity (Wildman–Crippen MR) is 120 cm³/mol. The first-order chi connectivity index (χ1) is 14.7. The molecule has 0 aliphatic carbocycles. The molecule has 0 heterocycles. The Bertz CT molecular complexity index is 1230. The lowest BCUT2D eigenvalue weighted by Crippen LogP contribution is -2.27. The molecule has 1 unspecified atom stereocenters. The smallest absolute Gasteiger partial charge is 0.264 e. The maximum absolute atomic E-state index is 13.1. The van der Waals surface area contributed by atoms with Crippen molar-refractivity contribution in [2.75, 3.05) is 16.7 Å². The fourth-order valence-electron chi connectivity index (χ4n) is 2.91. The number of carbonyl (C=O) groups is 1. The Morgan fingerprint density at radius 1 is 1.06 bits per heavy atom. The van der Waals surface area contributed by atoms with E-state index in [1.165, 1.54) is 31.3 Å². The quantitative estimate of drug-likeness (QED) is 0.614. The SMILES string of the molecule is CC(N)c1ccc(N(C)S(=O)(=O)c2cccc(C(=O)Nc3ccc(C#N)cc3)c2)cc1. The maximum atomic E-state index is 13.1. The molecule has 0 saturated carbocycles. The van der Waals surface area contributed by atoms with Crippen LogP contribution in [-0.4, -0.2) is 21.4 Å². The van der Waals surface area contributed by atoms with Gasteiger partial charge in [0.1, 0.15) is 0 Å². The molecular weight excluding hydrogens is 412 g/mol. The molecule has 0 bridgehead atoms.